The van der Waals surface area contributed by atoms with E-state index in [0.29, 0.717) is 0 Å². The lowest BCUT2D eigenvalue weighted by molar-refractivity contribution is 0.691. The number of anilines is 1. The van der Waals surface area contributed by atoms with E-state index in [9.17, 15) is 0 Å². The van der Waals surface area contributed by atoms with Gasteiger partial charge in [-0.15, -0.1) is 0 Å². The molecule has 0 bridgehead atoms. The molecule has 0 amide bonds. The highest BCUT2D eigenvalue weighted by Gasteiger charge is 2.18. The standard InChI is InChI=1S/C17H22N4/c1-3-18-10-16-11-19-17(20-13(16)2)21-9-8-14-6-4-5-7-15(14)12-21/h4-7,11,18H,3,8-10,12H2,1-2H3. The van der Waals surface area contributed by atoms with Crippen molar-refractivity contribution in [2.45, 2.75) is 33.4 Å². The number of fused-ring (bicyclic) bond motifs is 1. The van der Waals surface area contributed by atoms with E-state index in [0.717, 1.165) is 44.2 Å². The maximum atomic E-state index is 4.70. The van der Waals surface area contributed by atoms with Crippen molar-refractivity contribution in [3.05, 3.63) is 52.8 Å². The molecule has 4 heteroatoms. The number of benzene rings is 1. The molecule has 0 aliphatic carbocycles. The van der Waals surface area contributed by atoms with Gasteiger partial charge in [-0.2, -0.15) is 0 Å². The molecule has 1 N–H and O–H groups in total. The van der Waals surface area contributed by atoms with Crippen LogP contribution in [0.1, 0.15) is 29.3 Å². The molecule has 1 aliphatic rings. The van der Waals surface area contributed by atoms with Gasteiger partial charge < -0.3 is 10.2 Å². The summed E-state index contributed by atoms with van der Waals surface area (Å²) in [7, 11) is 0. The number of rotatable bonds is 4. The van der Waals surface area contributed by atoms with Crippen molar-refractivity contribution >= 4 is 5.95 Å². The predicted octanol–water partition coefficient (Wildman–Crippen LogP) is 2.46. The van der Waals surface area contributed by atoms with Crippen molar-refractivity contribution in [3.63, 3.8) is 0 Å². The van der Waals surface area contributed by atoms with Gasteiger partial charge in [0.25, 0.3) is 0 Å². The van der Waals surface area contributed by atoms with Crippen LogP contribution < -0.4 is 10.2 Å². The van der Waals surface area contributed by atoms with Gasteiger partial charge in [0, 0.05) is 37.1 Å². The topological polar surface area (TPSA) is 41.1 Å². The van der Waals surface area contributed by atoms with E-state index in [4.69, 9.17) is 4.98 Å². The van der Waals surface area contributed by atoms with Crippen molar-refractivity contribution in [3.8, 4) is 0 Å². The third kappa shape index (κ3) is 3.05. The molecule has 21 heavy (non-hydrogen) atoms. The van der Waals surface area contributed by atoms with Crippen LogP contribution in [0.4, 0.5) is 5.95 Å². The molecule has 1 aromatic carbocycles. The Morgan fingerprint density at radius 2 is 2.05 bits per heavy atom. The lowest BCUT2D eigenvalue weighted by Gasteiger charge is -2.29. The summed E-state index contributed by atoms with van der Waals surface area (Å²) in [6, 6.07) is 8.64. The summed E-state index contributed by atoms with van der Waals surface area (Å²) in [5, 5.41) is 3.32. The summed E-state index contributed by atoms with van der Waals surface area (Å²) < 4.78 is 0. The van der Waals surface area contributed by atoms with Crippen LogP contribution >= 0.6 is 0 Å². The highest BCUT2D eigenvalue weighted by molar-refractivity contribution is 5.40. The van der Waals surface area contributed by atoms with Crippen LogP contribution in [0.25, 0.3) is 0 Å². The van der Waals surface area contributed by atoms with Crippen molar-refractivity contribution in [1.29, 1.82) is 0 Å². The van der Waals surface area contributed by atoms with Gasteiger partial charge in [0.2, 0.25) is 5.95 Å². The minimum absolute atomic E-state index is 0.839. The number of aromatic nitrogens is 2. The summed E-state index contributed by atoms with van der Waals surface area (Å²) >= 11 is 0. The second-order valence-corrected chi connectivity index (χ2v) is 5.50. The van der Waals surface area contributed by atoms with Gasteiger partial charge in [0.05, 0.1) is 0 Å². The highest BCUT2D eigenvalue weighted by Crippen LogP contribution is 2.22. The van der Waals surface area contributed by atoms with Crippen LogP contribution in [0.2, 0.25) is 0 Å². The molecule has 0 unspecified atom stereocenters. The van der Waals surface area contributed by atoms with E-state index >= 15 is 0 Å². The fraction of sp³-hybridized carbons (Fsp3) is 0.412. The van der Waals surface area contributed by atoms with Crippen LogP contribution in [0, 0.1) is 6.92 Å². The Morgan fingerprint density at radius 3 is 2.81 bits per heavy atom. The molecule has 0 radical (unpaired) electrons. The first-order valence-corrected chi connectivity index (χ1v) is 7.63. The van der Waals surface area contributed by atoms with Crippen LogP contribution in [0.5, 0.6) is 0 Å². The summed E-state index contributed by atoms with van der Waals surface area (Å²) in [4.78, 5) is 11.5. The quantitative estimate of drug-likeness (QED) is 0.935. The number of hydrogen-bond donors (Lipinski definition) is 1. The number of nitrogens with zero attached hydrogens (tertiary/aromatic N) is 3. The molecule has 1 aliphatic heterocycles. The highest BCUT2D eigenvalue weighted by atomic mass is 15.2. The number of aryl methyl sites for hydroxylation is 1. The van der Waals surface area contributed by atoms with Crippen molar-refractivity contribution in [1.82, 2.24) is 15.3 Å². The maximum absolute atomic E-state index is 4.70. The van der Waals surface area contributed by atoms with Crippen LogP contribution in [0.15, 0.2) is 30.5 Å². The van der Waals surface area contributed by atoms with E-state index < -0.39 is 0 Å². The second-order valence-electron chi connectivity index (χ2n) is 5.50. The minimum Gasteiger partial charge on any atom is -0.336 e. The van der Waals surface area contributed by atoms with E-state index in [1.54, 1.807) is 0 Å². The largest absolute Gasteiger partial charge is 0.336 e. The SMILES string of the molecule is CCNCc1cnc(N2CCc3ccccc3C2)nc1C. The molecule has 0 spiro atoms. The average molecular weight is 282 g/mol. The first-order valence-electron chi connectivity index (χ1n) is 7.63. The van der Waals surface area contributed by atoms with Crippen molar-refractivity contribution in [2.75, 3.05) is 18.0 Å². The lowest BCUT2D eigenvalue weighted by atomic mass is 10.0. The van der Waals surface area contributed by atoms with Gasteiger partial charge in [0.1, 0.15) is 0 Å². The molecule has 2 heterocycles. The van der Waals surface area contributed by atoms with Crippen molar-refractivity contribution < 1.29 is 0 Å². The molecule has 3 rings (SSSR count). The number of hydrogen-bond acceptors (Lipinski definition) is 4. The van der Waals surface area contributed by atoms with Crippen LogP contribution in [-0.4, -0.2) is 23.1 Å². The van der Waals surface area contributed by atoms with Gasteiger partial charge >= 0.3 is 0 Å². The first-order chi connectivity index (χ1) is 10.3. The van der Waals surface area contributed by atoms with E-state index in [1.807, 2.05) is 6.20 Å². The predicted molar refractivity (Wildman–Crippen MR) is 85.3 cm³/mol. The van der Waals surface area contributed by atoms with Gasteiger partial charge in [-0.1, -0.05) is 31.2 Å². The van der Waals surface area contributed by atoms with Crippen LogP contribution in [0.3, 0.4) is 0 Å². The summed E-state index contributed by atoms with van der Waals surface area (Å²) in [5.41, 5.74) is 5.09. The average Bonchev–Trinajstić information content (AvgIpc) is 2.53. The van der Waals surface area contributed by atoms with Gasteiger partial charge in [-0.05, 0) is 31.0 Å². The normalized spacial score (nSPS) is 14.1. The molecule has 1 aromatic heterocycles. The Balaban J connectivity index is 1.78. The molecule has 0 fully saturated rings. The Labute approximate surface area is 126 Å². The van der Waals surface area contributed by atoms with Crippen molar-refractivity contribution in [2.24, 2.45) is 0 Å². The molecule has 0 atom stereocenters. The Morgan fingerprint density at radius 1 is 1.24 bits per heavy atom. The minimum atomic E-state index is 0.839. The maximum Gasteiger partial charge on any atom is 0.225 e. The second kappa shape index (κ2) is 6.22. The summed E-state index contributed by atoms with van der Waals surface area (Å²) in [5.74, 6) is 0.849. The number of nitrogens with one attached hydrogen (secondary N) is 1. The van der Waals surface area contributed by atoms with Gasteiger partial charge in [0.15, 0.2) is 0 Å². The lowest BCUT2D eigenvalue weighted by Crippen LogP contribution is -2.32. The molecule has 2 aromatic rings. The van der Waals surface area contributed by atoms with E-state index in [-0.39, 0.29) is 0 Å². The molecular weight excluding hydrogens is 260 g/mol. The molecule has 0 saturated heterocycles. The smallest absolute Gasteiger partial charge is 0.225 e. The molecule has 0 saturated carbocycles. The Bertz CT molecular complexity index is 624. The van der Waals surface area contributed by atoms with E-state index in [2.05, 4.69) is 53.3 Å². The fourth-order valence-corrected chi connectivity index (χ4v) is 2.73. The van der Waals surface area contributed by atoms with Gasteiger partial charge in [-0.3, -0.25) is 0 Å². The zero-order valence-electron chi connectivity index (χ0n) is 12.8. The molecule has 110 valence electrons. The molecular formula is C17H22N4. The Kier molecular flexibility index (Phi) is 4.15. The zero-order chi connectivity index (χ0) is 14.7. The molecule has 4 nitrogen and oxygen atoms in total. The fourth-order valence-electron chi connectivity index (χ4n) is 2.73. The first kappa shape index (κ1) is 14.0. The van der Waals surface area contributed by atoms with E-state index in [1.165, 1.54) is 16.7 Å². The Hall–Kier alpha value is -1.94. The van der Waals surface area contributed by atoms with Gasteiger partial charge in [-0.25, -0.2) is 9.97 Å². The third-order valence-corrected chi connectivity index (χ3v) is 4.05. The summed E-state index contributed by atoms with van der Waals surface area (Å²) in [6.07, 6.45) is 3.03. The van der Waals surface area contributed by atoms with Crippen LogP contribution in [-0.2, 0) is 19.5 Å². The third-order valence-electron chi connectivity index (χ3n) is 4.05. The monoisotopic (exact) mass is 282 g/mol. The zero-order valence-corrected chi connectivity index (χ0v) is 12.8. The summed E-state index contributed by atoms with van der Waals surface area (Å²) in [6.45, 7) is 7.87.